The van der Waals surface area contributed by atoms with E-state index in [4.69, 9.17) is 5.73 Å². The number of hydrogen-bond acceptors (Lipinski definition) is 2. The second kappa shape index (κ2) is 3.04. The Balaban J connectivity index is 2.22. The van der Waals surface area contributed by atoms with Crippen LogP contribution < -0.4 is 5.73 Å². The summed E-state index contributed by atoms with van der Waals surface area (Å²) in [6.07, 6.45) is 1.13. The first kappa shape index (κ1) is 8.57. The van der Waals surface area contributed by atoms with Crippen molar-refractivity contribution in [3.8, 4) is 5.75 Å². The van der Waals surface area contributed by atoms with Crippen molar-refractivity contribution < 1.29 is 5.11 Å². The normalized spacial score (nSPS) is 26.0. The van der Waals surface area contributed by atoms with Crippen molar-refractivity contribution in [2.75, 3.05) is 6.54 Å². The molecule has 1 aliphatic rings. The minimum atomic E-state index is 0.431. The summed E-state index contributed by atoms with van der Waals surface area (Å²) in [6, 6.07) is 5.88. The monoisotopic (exact) mass is 177 g/mol. The minimum Gasteiger partial charge on any atom is -0.508 e. The van der Waals surface area contributed by atoms with Crippen molar-refractivity contribution in [3.63, 3.8) is 0 Å². The van der Waals surface area contributed by atoms with Crippen molar-refractivity contribution in [2.24, 2.45) is 11.7 Å². The van der Waals surface area contributed by atoms with E-state index in [9.17, 15) is 5.11 Å². The molecule has 2 atom stereocenters. The molecule has 13 heavy (non-hydrogen) atoms. The van der Waals surface area contributed by atoms with Crippen LogP contribution in [0, 0.1) is 12.8 Å². The summed E-state index contributed by atoms with van der Waals surface area (Å²) in [6.45, 7) is 2.72. The highest BCUT2D eigenvalue weighted by molar-refractivity contribution is 5.41. The Morgan fingerprint density at radius 1 is 1.54 bits per heavy atom. The van der Waals surface area contributed by atoms with Gasteiger partial charge in [-0.05, 0) is 48.9 Å². The molecule has 0 aromatic heterocycles. The molecular formula is C11H15NO. The fourth-order valence-corrected chi connectivity index (χ4v) is 1.86. The molecule has 0 unspecified atom stereocenters. The van der Waals surface area contributed by atoms with E-state index in [0.717, 1.165) is 24.1 Å². The number of rotatable bonds is 2. The molecular weight excluding hydrogens is 162 g/mol. The van der Waals surface area contributed by atoms with E-state index in [0.29, 0.717) is 17.6 Å². The molecule has 0 heterocycles. The van der Waals surface area contributed by atoms with Crippen LogP contribution in [0.25, 0.3) is 0 Å². The molecule has 0 amide bonds. The first-order valence-electron chi connectivity index (χ1n) is 4.72. The number of phenols is 1. The number of hydrogen-bond donors (Lipinski definition) is 2. The Bertz CT molecular complexity index is 322. The lowest BCUT2D eigenvalue weighted by Crippen LogP contribution is -2.02. The lowest BCUT2D eigenvalue weighted by Gasteiger charge is -2.03. The quantitative estimate of drug-likeness (QED) is 0.723. The van der Waals surface area contributed by atoms with Crippen LogP contribution in [0.1, 0.15) is 23.5 Å². The van der Waals surface area contributed by atoms with Gasteiger partial charge in [-0.2, -0.15) is 0 Å². The third-order valence-corrected chi connectivity index (χ3v) is 2.81. The third-order valence-electron chi connectivity index (χ3n) is 2.81. The maximum Gasteiger partial charge on any atom is 0.119 e. The molecule has 1 saturated carbocycles. The average molecular weight is 177 g/mol. The largest absolute Gasteiger partial charge is 0.508 e. The number of aryl methyl sites for hydroxylation is 1. The molecule has 1 aliphatic carbocycles. The van der Waals surface area contributed by atoms with Crippen LogP contribution >= 0.6 is 0 Å². The molecule has 70 valence electrons. The van der Waals surface area contributed by atoms with Crippen LogP contribution in [-0.4, -0.2) is 11.7 Å². The van der Waals surface area contributed by atoms with E-state index in [1.54, 1.807) is 0 Å². The molecule has 2 rings (SSSR count). The van der Waals surface area contributed by atoms with Gasteiger partial charge in [0.25, 0.3) is 0 Å². The summed E-state index contributed by atoms with van der Waals surface area (Å²) in [5, 5.41) is 9.67. The summed E-state index contributed by atoms with van der Waals surface area (Å²) in [5.41, 5.74) is 7.73. The summed E-state index contributed by atoms with van der Waals surface area (Å²) in [7, 11) is 0. The van der Waals surface area contributed by atoms with Crippen LogP contribution in [0.3, 0.4) is 0 Å². The van der Waals surface area contributed by atoms with Gasteiger partial charge >= 0.3 is 0 Å². The van der Waals surface area contributed by atoms with Gasteiger partial charge in [-0.25, -0.2) is 0 Å². The second-order valence-corrected chi connectivity index (χ2v) is 3.90. The molecule has 0 radical (unpaired) electrons. The van der Waals surface area contributed by atoms with Crippen LogP contribution in [-0.2, 0) is 0 Å². The lowest BCUT2D eigenvalue weighted by molar-refractivity contribution is 0.467. The van der Waals surface area contributed by atoms with Gasteiger partial charge in [-0.3, -0.25) is 0 Å². The number of phenolic OH excluding ortho intramolecular Hbond substituents is 1. The maximum absolute atomic E-state index is 9.67. The molecule has 1 aromatic carbocycles. The lowest BCUT2D eigenvalue weighted by atomic mass is 10.1. The van der Waals surface area contributed by atoms with Crippen molar-refractivity contribution >= 4 is 0 Å². The highest BCUT2D eigenvalue weighted by Crippen LogP contribution is 2.49. The third kappa shape index (κ3) is 1.54. The average Bonchev–Trinajstić information content (AvgIpc) is 2.83. The number of aromatic hydroxyl groups is 1. The Morgan fingerprint density at radius 3 is 2.85 bits per heavy atom. The SMILES string of the molecule is Cc1ccc([C@@H]2C[C@H]2CN)c(O)c1. The van der Waals surface area contributed by atoms with Crippen LogP contribution in [0.2, 0.25) is 0 Å². The molecule has 1 aromatic rings. The molecule has 0 bridgehead atoms. The molecule has 0 spiro atoms. The van der Waals surface area contributed by atoms with E-state index < -0.39 is 0 Å². The van der Waals surface area contributed by atoms with E-state index in [1.165, 1.54) is 0 Å². The fourth-order valence-electron chi connectivity index (χ4n) is 1.86. The zero-order valence-electron chi connectivity index (χ0n) is 7.83. The molecule has 3 N–H and O–H groups in total. The summed E-state index contributed by atoms with van der Waals surface area (Å²) >= 11 is 0. The van der Waals surface area contributed by atoms with Crippen LogP contribution in [0.5, 0.6) is 5.75 Å². The molecule has 0 saturated heterocycles. The second-order valence-electron chi connectivity index (χ2n) is 3.90. The molecule has 2 heteroatoms. The summed E-state index contributed by atoms with van der Waals surface area (Å²) < 4.78 is 0. The molecule has 0 aliphatic heterocycles. The van der Waals surface area contributed by atoms with Gasteiger partial charge in [0, 0.05) is 0 Å². The predicted octanol–water partition coefficient (Wildman–Crippen LogP) is 1.76. The van der Waals surface area contributed by atoms with Gasteiger partial charge < -0.3 is 10.8 Å². The summed E-state index contributed by atoms with van der Waals surface area (Å²) in [5.74, 6) is 1.53. The van der Waals surface area contributed by atoms with Gasteiger partial charge in [-0.15, -0.1) is 0 Å². The van der Waals surface area contributed by atoms with Gasteiger partial charge in [0.05, 0.1) is 0 Å². The van der Waals surface area contributed by atoms with Crippen molar-refractivity contribution in [3.05, 3.63) is 29.3 Å². The maximum atomic E-state index is 9.67. The highest BCUT2D eigenvalue weighted by atomic mass is 16.3. The number of benzene rings is 1. The Kier molecular flexibility index (Phi) is 2.00. The fraction of sp³-hybridized carbons (Fsp3) is 0.455. The van der Waals surface area contributed by atoms with Crippen molar-refractivity contribution in [2.45, 2.75) is 19.3 Å². The van der Waals surface area contributed by atoms with Gasteiger partial charge in [0.2, 0.25) is 0 Å². The van der Waals surface area contributed by atoms with E-state index >= 15 is 0 Å². The van der Waals surface area contributed by atoms with Crippen LogP contribution in [0.4, 0.5) is 0 Å². The standard InChI is InChI=1S/C11H15NO/c1-7-2-3-9(11(13)4-7)10-5-8(10)6-12/h2-4,8,10,13H,5-6,12H2,1H3/t8-,10+/m0/s1. The molecule has 2 nitrogen and oxygen atoms in total. The first-order chi connectivity index (χ1) is 6.22. The predicted molar refractivity (Wildman–Crippen MR) is 52.7 cm³/mol. The highest BCUT2D eigenvalue weighted by Gasteiger charge is 2.38. The minimum absolute atomic E-state index is 0.431. The first-order valence-corrected chi connectivity index (χ1v) is 4.72. The van der Waals surface area contributed by atoms with Crippen molar-refractivity contribution in [1.29, 1.82) is 0 Å². The van der Waals surface area contributed by atoms with Crippen LogP contribution in [0.15, 0.2) is 18.2 Å². The van der Waals surface area contributed by atoms with Gasteiger partial charge in [-0.1, -0.05) is 12.1 Å². The summed E-state index contributed by atoms with van der Waals surface area (Å²) in [4.78, 5) is 0. The topological polar surface area (TPSA) is 46.2 Å². The van der Waals surface area contributed by atoms with E-state index in [1.807, 2.05) is 25.1 Å². The Hall–Kier alpha value is -1.02. The smallest absolute Gasteiger partial charge is 0.119 e. The Labute approximate surface area is 78.4 Å². The zero-order valence-corrected chi connectivity index (χ0v) is 7.83. The van der Waals surface area contributed by atoms with E-state index in [2.05, 4.69) is 0 Å². The Morgan fingerprint density at radius 2 is 2.31 bits per heavy atom. The van der Waals surface area contributed by atoms with Gasteiger partial charge in [0.15, 0.2) is 0 Å². The van der Waals surface area contributed by atoms with Crippen molar-refractivity contribution in [1.82, 2.24) is 0 Å². The zero-order chi connectivity index (χ0) is 9.42. The number of nitrogens with two attached hydrogens (primary N) is 1. The van der Waals surface area contributed by atoms with Gasteiger partial charge in [0.1, 0.15) is 5.75 Å². The van der Waals surface area contributed by atoms with E-state index in [-0.39, 0.29) is 0 Å². The molecule has 1 fully saturated rings.